The molecule has 5 heteroatoms. The highest BCUT2D eigenvalue weighted by molar-refractivity contribution is 5.69. The van der Waals surface area contributed by atoms with Crippen LogP contribution in [0.15, 0.2) is 18.2 Å². The van der Waals surface area contributed by atoms with Crippen molar-refractivity contribution in [2.24, 2.45) is 0 Å². The number of esters is 1. The highest BCUT2D eigenvalue weighted by Crippen LogP contribution is 2.13. The molecule has 0 saturated carbocycles. The lowest BCUT2D eigenvalue weighted by Gasteiger charge is -2.16. The molecular formula is C13H17F2NO2. The first-order valence-corrected chi connectivity index (χ1v) is 5.73. The molecule has 1 rings (SSSR count). The number of benzene rings is 1. The third-order valence-electron chi connectivity index (χ3n) is 2.62. The lowest BCUT2D eigenvalue weighted by molar-refractivity contribution is -0.140. The van der Waals surface area contributed by atoms with E-state index in [4.69, 9.17) is 0 Å². The number of carbonyl (C=O) groups is 1. The molecule has 0 aliphatic heterocycles. The Morgan fingerprint density at radius 2 is 2.11 bits per heavy atom. The van der Waals surface area contributed by atoms with Gasteiger partial charge in [0.2, 0.25) is 0 Å². The van der Waals surface area contributed by atoms with Gasteiger partial charge in [0.05, 0.1) is 7.11 Å². The zero-order chi connectivity index (χ0) is 13.5. The first-order valence-electron chi connectivity index (χ1n) is 5.73. The zero-order valence-electron chi connectivity index (χ0n) is 10.6. The van der Waals surface area contributed by atoms with E-state index in [1.54, 1.807) is 13.1 Å². The third-order valence-corrected chi connectivity index (χ3v) is 2.62. The standard InChI is InChI=1S/C13H17F2NO2/c1-16(8-4-7-12(17)18-2)9-10-5-3-6-11(14)13(10)15/h3,5-6H,4,7-9H2,1-2H3. The van der Waals surface area contributed by atoms with Gasteiger partial charge < -0.3 is 9.64 Å². The van der Waals surface area contributed by atoms with Crippen LogP contribution < -0.4 is 0 Å². The summed E-state index contributed by atoms with van der Waals surface area (Å²) in [6.45, 7) is 0.926. The number of halogens is 2. The molecule has 1 aromatic rings. The van der Waals surface area contributed by atoms with Crippen molar-refractivity contribution in [3.05, 3.63) is 35.4 Å². The normalized spacial score (nSPS) is 10.7. The zero-order valence-corrected chi connectivity index (χ0v) is 10.6. The van der Waals surface area contributed by atoms with Gasteiger partial charge in [-0.15, -0.1) is 0 Å². The molecule has 0 saturated heterocycles. The molecule has 1 aromatic carbocycles. The number of methoxy groups -OCH3 is 1. The summed E-state index contributed by atoms with van der Waals surface area (Å²) < 4.78 is 30.9. The molecule has 3 nitrogen and oxygen atoms in total. The molecule has 0 unspecified atom stereocenters. The Labute approximate surface area is 105 Å². The Hall–Kier alpha value is -1.49. The summed E-state index contributed by atoms with van der Waals surface area (Å²) in [6.07, 6.45) is 0.951. The predicted octanol–water partition coefficient (Wildman–Crippen LogP) is 2.35. The van der Waals surface area contributed by atoms with Gasteiger partial charge in [-0.1, -0.05) is 12.1 Å². The van der Waals surface area contributed by atoms with Crippen molar-refractivity contribution in [1.29, 1.82) is 0 Å². The number of hydrogen-bond donors (Lipinski definition) is 0. The van der Waals surface area contributed by atoms with Crippen molar-refractivity contribution in [3.8, 4) is 0 Å². The van der Waals surface area contributed by atoms with Crippen LogP contribution in [0.1, 0.15) is 18.4 Å². The smallest absolute Gasteiger partial charge is 0.305 e. The first-order chi connectivity index (χ1) is 8.54. The van der Waals surface area contributed by atoms with E-state index >= 15 is 0 Å². The highest BCUT2D eigenvalue weighted by Gasteiger charge is 2.10. The van der Waals surface area contributed by atoms with Crippen molar-refractivity contribution < 1.29 is 18.3 Å². The van der Waals surface area contributed by atoms with Gasteiger partial charge in [0.25, 0.3) is 0 Å². The number of rotatable bonds is 6. The molecule has 0 heterocycles. The SMILES string of the molecule is COC(=O)CCCN(C)Cc1cccc(F)c1F. The molecule has 0 amide bonds. The predicted molar refractivity (Wildman–Crippen MR) is 63.9 cm³/mol. The van der Waals surface area contributed by atoms with E-state index in [2.05, 4.69) is 4.74 Å². The van der Waals surface area contributed by atoms with Crippen LogP contribution in [0, 0.1) is 11.6 Å². The van der Waals surface area contributed by atoms with Crippen molar-refractivity contribution in [3.63, 3.8) is 0 Å². The van der Waals surface area contributed by atoms with E-state index in [1.807, 2.05) is 4.90 Å². The van der Waals surface area contributed by atoms with Crippen LogP contribution in [-0.2, 0) is 16.1 Å². The van der Waals surface area contributed by atoms with E-state index < -0.39 is 11.6 Å². The molecule has 18 heavy (non-hydrogen) atoms. The Morgan fingerprint density at radius 1 is 1.39 bits per heavy atom. The monoisotopic (exact) mass is 257 g/mol. The molecule has 0 radical (unpaired) electrons. The van der Waals surface area contributed by atoms with Gasteiger partial charge in [0.15, 0.2) is 11.6 Å². The summed E-state index contributed by atoms with van der Waals surface area (Å²) in [5.41, 5.74) is 0.315. The lowest BCUT2D eigenvalue weighted by atomic mass is 10.2. The summed E-state index contributed by atoms with van der Waals surface area (Å²) in [4.78, 5) is 12.7. The Kier molecular flexibility index (Phi) is 5.71. The Morgan fingerprint density at radius 3 is 2.78 bits per heavy atom. The van der Waals surface area contributed by atoms with E-state index in [0.29, 0.717) is 31.5 Å². The maximum absolute atomic E-state index is 13.4. The largest absolute Gasteiger partial charge is 0.469 e. The summed E-state index contributed by atoms with van der Waals surface area (Å²) in [5, 5.41) is 0. The number of hydrogen-bond acceptors (Lipinski definition) is 3. The molecule has 100 valence electrons. The van der Waals surface area contributed by atoms with E-state index in [1.165, 1.54) is 13.2 Å². The van der Waals surface area contributed by atoms with Crippen molar-refractivity contribution >= 4 is 5.97 Å². The van der Waals surface area contributed by atoms with E-state index in [9.17, 15) is 13.6 Å². The van der Waals surface area contributed by atoms with Crippen LogP contribution in [0.3, 0.4) is 0 Å². The van der Waals surface area contributed by atoms with Crippen LogP contribution in [-0.4, -0.2) is 31.6 Å². The van der Waals surface area contributed by atoms with Gasteiger partial charge >= 0.3 is 5.97 Å². The maximum atomic E-state index is 13.4. The Balaban J connectivity index is 2.42. The second-order valence-electron chi connectivity index (χ2n) is 4.13. The molecular weight excluding hydrogens is 240 g/mol. The lowest BCUT2D eigenvalue weighted by Crippen LogP contribution is -2.21. The van der Waals surface area contributed by atoms with Crippen LogP contribution in [0.25, 0.3) is 0 Å². The highest BCUT2D eigenvalue weighted by atomic mass is 19.2. The average molecular weight is 257 g/mol. The first kappa shape index (κ1) is 14.6. The molecule has 0 bridgehead atoms. The minimum absolute atomic E-state index is 0.264. The molecule has 0 spiro atoms. The van der Waals surface area contributed by atoms with Crippen LogP contribution in [0.2, 0.25) is 0 Å². The average Bonchev–Trinajstić information content (AvgIpc) is 2.34. The minimum Gasteiger partial charge on any atom is -0.469 e. The van der Waals surface area contributed by atoms with Gasteiger partial charge in [0.1, 0.15) is 0 Å². The molecule has 0 aliphatic carbocycles. The van der Waals surface area contributed by atoms with Gasteiger partial charge in [-0.05, 0) is 26.1 Å². The van der Waals surface area contributed by atoms with Crippen LogP contribution in [0.5, 0.6) is 0 Å². The van der Waals surface area contributed by atoms with Crippen molar-refractivity contribution in [2.45, 2.75) is 19.4 Å². The van der Waals surface area contributed by atoms with Gasteiger partial charge in [-0.3, -0.25) is 4.79 Å². The van der Waals surface area contributed by atoms with Gasteiger partial charge in [0, 0.05) is 18.5 Å². The summed E-state index contributed by atoms with van der Waals surface area (Å²) >= 11 is 0. The van der Waals surface area contributed by atoms with E-state index in [-0.39, 0.29) is 5.97 Å². The summed E-state index contributed by atoms with van der Waals surface area (Å²) in [7, 11) is 3.13. The molecule has 0 aromatic heterocycles. The van der Waals surface area contributed by atoms with Gasteiger partial charge in [-0.2, -0.15) is 0 Å². The second kappa shape index (κ2) is 7.06. The molecule has 0 atom stereocenters. The maximum Gasteiger partial charge on any atom is 0.305 e. The molecule has 0 N–H and O–H groups in total. The fraction of sp³-hybridized carbons (Fsp3) is 0.462. The second-order valence-corrected chi connectivity index (χ2v) is 4.13. The van der Waals surface area contributed by atoms with Gasteiger partial charge in [-0.25, -0.2) is 8.78 Å². The van der Waals surface area contributed by atoms with Crippen LogP contribution in [0.4, 0.5) is 8.78 Å². The van der Waals surface area contributed by atoms with Crippen molar-refractivity contribution in [2.75, 3.05) is 20.7 Å². The number of carbonyl (C=O) groups excluding carboxylic acids is 1. The summed E-state index contributed by atoms with van der Waals surface area (Å²) in [6, 6.07) is 4.13. The fourth-order valence-corrected chi connectivity index (χ4v) is 1.64. The minimum atomic E-state index is -0.838. The molecule has 0 fully saturated rings. The van der Waals surface area contributed by atoms with Crippen molar-refractivity contribution in [1.82, 2.24) is 4.90 Å². The van der Waals surface area contributed by atoms with Crippen LogP contribution >= 0.6 is 0 Å². The quantitative estimate of drug-likeness (QED) is 0.733. The number of nitrogens with zero attached hydrogens (tertiary/aromatic N) is 1. The Bertz CT molecular complexity index is 410. The fourth-order valence-electron chi connectivity index (χ4n) is 1.64. The summed E-state index contributed by atoms with van der Waals surface area (Å²) in [5.74, 6) is -1.91. The van der Waals surface area contributed by atoms with E-state index in [0.717, 1.165) is 6.07 Å². The topological polar surface area (TPSA) is 29.5 Å². The number of ether oxygens (including phenoxy) is 1. The molecule has 0 aliphatic rings. The third kappa shape index (κ3) is 4.41.